The number of carboxylic acid groups (broad SMARTS) is 1. The average molecular weight is 294 g/mol. The number of aromatic carboxylic acids is 1. The molecular weight excluding hydrogens is 280 g/mol. The van der Waals surface area contributed by atoms with Crippen molar-refractivity contribution in [3.63, 3.8) is 0 Å². The van der Waals surface area contributed by atoms with Crippen molar-refractivity contribution in [2.75, 3.05) is 18.4 Å². The Hall–Kier alpha value is -2.71. The van der Waals surface area contributed by atoms with Gasteiger partial charge in [-0.1, -0.05) is 0 Å². The first-order chi connectivity index (χ1) is 9.99. The lowest BCUT2D eigenvalue weighted by Gasteiger charge is -2.07. The van der Waals surface area contributed by atoms with Gasteiger partial charge in [0.05, 0.1) is 10.5 Å². The lowest BCUT2D eigenvalue weighted by Crippen LogP contribution is -2.30. The number of anilines is 1. The normalized spacial score (nSPS) is 13.5. The van der Waals surface area contributed by atoms with E-state index < -0.39 is 16.6 Å². The second-order valence-corrected chi connectivity index (χ2v) is 4.65. The monoisotopic (exact) mass is 294 g/mol. The van der Waals surface area contributed by atoms with Crippen LogP contribution in [0, 0.1) is 16.0 Å². The zero-order valence-corrected chi connectivity index (χ0v) is 11.0. The maximum Gasteiger partial charge on any atom is 0.337 e. The third kappa shape index (κ3) is 3.88. The molecule has 0 spiro atoms. The standard InChI is InChI=1S/C12H14N4O5/c17-11(7-1-2-7)14-4-3-13-10-9(16(20)21)5-8(6-15-10)12(18)19/h5-7H,1-4H2,(H,13,15)(H,14,17)(H,18,19). The van der Waals surface area contributed by atoms with E-state index in [1.807, 2.05) is 0 Å². The topological polar surface area (TPSA) is 134 Å². The van der Waals surface area contributed by atoms with Crippen LogP contribution in [0.1, 0.15) is 23.2 Å². The molecule has 1 saturated carbocycles. The molecule has 0 radical (unpaired) electrons. The second kappa shape index (κ2) is 6.16. The summed E-state index contributed by atoms with van der Waals surface area (Å²) < 4.78 is 0. The van der Waals surface area contributed by atoms with Crippen molar-refractivity contribution in [2.45, 2.75) is 12.8 Å². The van der Waals surface area contributed by atoms with Crippen molar-refractivity contribution in [1.82, 2.24) is 10.3 Å². The summed E-state index contributed by atoms with van der Waals surface area (Å²) in [6, 6.07) is 0.945. The summed E-state index contributed by atoms with van der Waals surface area (Å²) in [5, 5.41) is 25.1. The minimum atomic E-state index is -1.28. The van der Waals surface area contributed by atoms with Crippen LogP contribution in [0.3, 0.4) is 0 Å². The molecule has 0 atom stereocenters. The number of carbonyl (C=O) groups is 2. The van der Waals surface area contributed by atoms with Crippen LogP contribution in [0.4, 0.5) is 11.5 Å². The Labute approximate surface area is 119 Å². The zero-order chi connectivity index (χ0) is 15.4. The van der Waals surface area contributed by atoms with Gasteiger partial charge in [-0.25, -0.2) is 9.78 Å². The molecule has 1 fully saturated rings. The molecule has 0 saturated heterocycles. The molecule has 1 heterocycles. The van der Waals surface area contributed by atoms with Gasteiger partial charge in [0.2, 0.25) is 11.7 Å². The predicted molar refractivity (Wildman–Crippen MR) is 72.1 cm³/mol. The minimum absolute atomic E-state index is 0.0134. The Morgan fingerprint density at radius 1 is 1.43 bits per heavy atom. The average Bonchev–Trinajstić information content (AvgIpc) is 3.27. The lowest BCUT2D eigenvalue weighted by molar-refractivity contribution is -0.384. The van der Waals surface area contributed by atoms with Gasteiger partial charge in [0.1, 0.15) is 0 Å². The number of nitrogens with one attached hydrogen (secondary N) is 2. The van der Waals surface area contributed by atoms with Gasteiger partial charge in [0.15, 0.2) is 0 Å². The van der Waals surface area contributed by atoms with Gasteiger partial charge in [0.25, 0.3) is 0 Å². The number of aromatic nitrogens is 1. The Kier molecular flexibility index (Phi) is 4.31. The Balaban J connectivity index is 1.93. The Bertz CT molecular complexity index is 585. The number of rotatable bonds is 7. The number of carboxylic acids is 1. The largest absolute Gasteiger partial charge is 0.478 e. The molecule has 0 unspecified atom stereocenters. The number of amides is 1. The van der Waals surface area contributed by atoms with Gasteiger partial charge in [0, 0.05) is 31.3 Å². The first-order valence-corrected chi connectivity index (χ1v) is 6.38. The van der Waals surface area contributed by atoms with Crippen LogP contribution in [0.25, 0.3) is 0 Å². The van der Waals surface area contributed by atoms with Gasteiger partial charge in [-0.2, -0.15) is 0 Å². The molecule has 1 aliphatic carbocycles. The number of nitrogens with zero attached hydrogens (tertiary/aromatic N) is 2. The maximum absolute atomic E-state index is 11.4. The van der Waals surface area contributed by atoms with E-state index in [0.29, 0.717) is 6.54 Å². The zero-order valence-electron chi connectivity index (χ0n) is 11.0. The van der Waals surface area contributed by atoms with Gasteiger partial charge < -0.3 is 15.7 Å². The molecule has 1 aromatic heterocycles. The van der Waals surface area contributed by atoms with Crippen LogP contribution in [0.15, 0.2) is 12.3 Å². The number of hydrogen-bond acceptors (Lipinski definition) is 6. The smallest absolute Gasteiger partial charge is 0.337 e. The van der Waals surface area contributed by atoms with Crippen LogP contribution in [0.2, 0.25) is 0 Å². The fourth-order valence-electron chi connectivity index (χ4n) is 1.70. The van der Waals surface area contributed by atoms with Gasteiger partial charge in [-0.3, -0.25) is 14.9 Å². The SMILES string of the molecule is O=C(O)c1cnc(NCCNC(=O)C2CC2)c([N+](=O)[O-])c1. The summed E-state index contributed by atoms with van der Waals surface area (Å²) in [5.41, 5.74) is -0.669. The first-order valence-electron chi connectivity index (χ1n) is 6.38. The highest BCUT2D eigenvalue weighted by Crippen LogP contribution is 2.28. The molecular formula is C12H14N4O5. The summed E-state index contributed by atoms with van der Waals surface area (Å²) in [5.74, 6) is -1.22. The van der Waals surface area contributed by atoms with E-state index in [1.165, 1.54) is 0 Å². The first kappa shape index (κ1) is 14.7. The van der Waals surface area contributed by atoms with E-state index in [-0.39, 0.29) is 29.8 Å². The maximum atomic E-state index is 11.4. The van der Waals surface area contributed by atoms with Crippen molar-refractivity contribution in [3.05, 3.63) is 27.9 Å². The Morgan fingerprint density at radius 2 is 2.14 bits per heavy atom. The fourth-order valence-corrected chi connectivity index (χ4v) is 1.70. The van der Waals surface area contributed by atoms with Crippen LogP contribution in [-0.2, 0) is 4.79 Å². The number of pyridine rings is 1. The highest BCUT2D eigenvalue weighted by Gasteiger charge is 2.29. The molecule has 1 aromatic rings. The van der Waals surface area contributed by atoms with Crippen molar-refractivity contribution in [1.29, 1.82) is 0 Å². The summed E-state index contributed by atoms with van der Waals surface area (Å²) in [4.78, 5) is 36.1. The van der Waals surface area contributed by atoms with E-state index in [9.17, 15) is 19.7 Å². The summed E-state index contributed by atoms with van der Waals surface area (Å²) in [7, 11) is 0. The molecule has 21 heavy (non-hydrogen) atoms. The molecule has 0 aliphatic heterocycles. The molecule has 3 N–H and O–H groups in total. The molecule has 1 amide bonds. The molecule has 112 valence electrons. The van der Waals surface area contributed by atoms with Crippen LogP contribution in [-0.4, -0.2) is 40.0 Å². The lowest BCUT2D eigenvalue weighted by atomic mass is 10.2. The second-order valence-electron chi connectivity index (χ2n) is 4.65. The molecule has 0 bridgehead atoms. The number of carbonyl (C=O) groups excluding carboxylic acids is 1. The van der Waals surface area contributed by atoms with Crippen LogP contribution >= 0.6 is 0 Å². The highest BCUT2D eigenvalue weighted by atomic mass is 16.6. The summed E-state index contributed by atoms with van der Waals surface area (Å²) in [6.45, 7) is 0.577. The summed E-state index contributed by atoms with van der Waals surface area (Å²) in [6.07, 6.45) is 2.85. The number of nitro groups is 1. The van der Waals surface area contributed by atoms with Crippen molar-refractivity contribution in [2.24, 2.45) is 5.92 Å². The van der Waals surface area contributed by atoms with E-state index in [1.54, 1.807) is 0 Å². The minimum Gasteiger partial charge on any atom is -0.478 e. The van der Waals surface area contributed by atoms with Gasteiger partial charge in [-0.15, -0.1) is 0 Å². The van der Waals surface area contributed by atoms with E-state index in [2.05, 4.69) is 15.6 Å². The molecule has 9 nitrogen and oxygen atoms in total. The fraction of sp³-hybridized carbons (Fsp3) is 0.417. The van der Waals surface area contributed by atoms with Crippen LogP contribution in [0.5, 0.6) is 0 Å². The van der Waals surface area contributed by atoms with Gasteiger partial charge in [-0.05, 0) is 12.8 Å². The van der Waals surface area contributed by atoms with E-state index in [0.717, 1.165) is 25.1 Å². The summed E-state index contributed by atoms with van der Waals surface area (Å²) >= 11 is 0. The van der Waals surface area contributed by atoms with Crippen LogP contribution < -0.4 is 10.6 Å². The number of hydrogen-bond donors (Lipinski definition) is 3. The highest BCUT2D eigenvalue weighted by molar-refractivity contribution is 5.88. The molecule has 9 heteroatoms. The molecule has 0 aromatic carbocycles. The van der Waals surface area contributed by atoms with Gasteiger partial charge >= 0.3 is 11.7 Å². The third-order valence-corrected chi connectivity index (χ3v) is 2.98. The predicted octanol–water partition coefficient (Wildman–Crippen LogP) is 0.626. The third-order valence-electron chi connectivity index (χ3n) is 2.98. The van der Waals surface area contributed by atoms with Crippen molar-refractivity contribution < 1.29 is 19.6 Å². The quantitative estimate of drug-likeness (QED) is 0.381. The molecule has 2 rings (SSSR count). The molecule has 1 aliphatic rings. The van der Waals surface area contributed by atoms with Crippen molar-refractivity contribution in [3.8, 4) is 0 Å². The van der Waals surface area contributed by atoms with Crippen molar-refractivity contribution >= 4 is 23.4 Å². The van der Waals surface area contributed by atoms with E-state index in [4.69, 9.17) is 5.11 Å². The van der Waals surface area contributed by atoms with E-state index >= 15 is 0 Å². The Morgan fingerprint density at radius 3 is 2.71 bits per heavy atom.